The first kappa shape index (κ1) is 18.0. The summed E-state index contributed by atoms with van der Waals surface area (Å²) in [5.74, 6) is -2.76. The Labute approximate surface area is 149 Å². The summed E-state index contributed by atoms with van der Waals surface area (Å²) < 4.78 is 44.7. The van der Waals surface area contributed by atoms with Crippen LogP contribution in [0.3, 0.4) is 0 Å². The Morgan fingerprint density at radius 1 is 1.22 bits per heavy atom. The standard InChI is InChI=1S/C18H10F3N3O3/c19-11-5-10-12(25)6-13(9-3-1-8(7-22)2-4-9)27-16(10)15(14(11)23)24-18(26)17(20)21/h1-6,17H,23H2,(H,24,26). The lowest BCUT2D eigenvalue weighted by molar-refractivity contribution is -0.126. The molecule has 1 aromatic heterocycles. The van der Waals surface area contributed by atoms with Crippen molar-refractivity contribution in [3.63, 3.8) is 0 Å². The number of anilines is 2. The van der Waals surface area contributed by atoms with Gasteiger partial charge in [-0.1, -0.05) is 0 Å². The van der Waals surface area contributed by atoms with E-state index in [0.29, 0.717) is 11.1 Å². The predicted octanol–water partition coefficient (Wildman–Crippen LogP) is 3.26. The Balaban J connectivity index is 2.25. The first-order valence-electron chi connectivity index (χ1n) is 7.47. The van der Waals surface area contributed by atoms with Crippen molar-refractivity contribution in [3.05, 3.63) is 58.0 Å². The lowest BCUT2D eigenvalue weighted by Gasteiger charge is -2.12. The van der Waals surface area contributed by atoms with Gasteiger partial charge in [0.2, 0.25) is 0 Å². The first-order valence-corrected chi connectivity index (χ1v) is 7.47. The second kappa shape index (κ2) is 6.84. The number of nitrogens with zero attached hydrogens (tertiary/aromatic N) is 1. The van der Waals surface area contributed by atoms with Gasteiger partial charge in [-0.15, -0.1) is 0 Å². The van der Waals surface area contributed by atoms with E-state index in [9.17, 15) is 22.8 Å². The molecule has 0 aliphatic rings. The molecule has 0 spiro atoms. The molecule has 9 heteroatoms. The Hall–Kier alpha value is -3.80. The summed E-state index contributed by atoms with van der Waals surface area (Å²) in [5, 5.41) is 10.3. The number of carbonyl (C=O) groups is 1. The van der Waals surface area contributed by atoms with Crippen molar-refractivity contribution >= 4 is 28.3 Å². The molecule has 6 nitrogen and oxygen atoms in total. The van der Waals surface area contributed by atoms with Crippen LogP contribution in [0.1, 0.15) is 5.56 Å². The zero-order valence-electron chi connectivity index (χ0n) is 13.4. The molecule has 3 rings (SSSR count). The van der Waals surface area contributed by atoms with Gasteiger partial charge in [0.05, 0.1) is 22.7 Å². The number of nitrogens with one attached hydrogen (secondary N) is 1. The maximum Gasteiger partial charge on any atom is 0.315 e. The molecule has 0 saturated heterocycles. The van der Waals surface area contributed by atoms with Crippen LogP contribution in [-0.4, -0.2) is 12.3 Å². The molecule has 0 bridgehead atoms. The van der Waals surface area contributed by atoms with Crippen molar-refractivity contribution in [3.8, 4) is 17.4 Å². The lowest BCUT2D eigenvalue weighted by atomic mass is 10.1. The Bertz CT molecular complexity index is 1150. The van der Waals surface area contributed by atoms with Gasteiger partial charge in [-0.25, -0.2) is 4.39 Å². The SMILES string of the molecule is N#Cc1ccc(-c2cc(=O)c3cc(F)c(N)c(NC(=O)C(F)F)c3o2)cc1. The fraction of sp³-hybridized carbons (Fsp3) is 0.0556. The molecule has 0 saturated carbocycles. The molecule has 0 atom stereocenters. The van der Waals surface area contributed by atoms with Crippen LogP contribution in [0.25, 0.3) is 22.3 Å². The number of amides is 1. The smallest absolute Gasteiger partial charge is 0.315 e. The van der Waals surface area contributed by atoms with Gasteiger partial charge in [-0.05, 0) is 30.3 Å². The normalized spacial score (nSPS) is 10.8. The Morgan fingerprint density at radius 3 is 2.48 bits per heavy atom. The van der Waals surface area contributed by atoms with Gasteiger partial charge in [0.25, 0.3) is 5.91 Å². The van der Waals surface area contributed by atoms with E-state index in [2.05, 4.69) is 0 Å². The van der Waals surface area contributed by atoms with Crippen LogP contribution in [0.5, 0.6) is 0 Å². The van der Waals surface area contributed by atoms with Gasteiger partial charge < -0.3 is 15.5 Å². The van der Waals surface area contributed by atoms with Gasteiger partial charge in [0.15, 0.2) is 11.0 Å². The summed E-state index contributed by atoms with van der Waals surface area (Å²) in [6, 6.07) is 9.80. The van der Waals surface area contributed by atoms with Gasteiger partial charge in [0, 0.05) is 11.6 Å². The first-order chi connectivity index (χ1) is 12.8. The third-order valence-corrected chi connectivity index (χ3v) is 3.75. The van der Waals surface area contributed by atoms with E-state index in [0.717, 1.165) is 12.1 Å². The maximum atomic E-state index is 14.0. The fourth-order valence-electron chi connectivity index (χ4n) is 2.42. The molecule has 3 aromatic rings. The second-order valence-corrected chi connectivity index (χ2v) is 5.48. The molecule has 0 aliphatic heterocycles. The molecule has 27 heavy (non-hydrogen) atoms. The highest BCUT2D eigenvalue weighted by atomic mass is 19.3. The fourth-order valence-corrected chi connectivity index (χ4v) is 2.42. The number of halogens is 3. The molecule has 3 N–H and O–H groups in total. The summed E-state index contributed by atoms with van der Waals surface area (Å²) in [7, 11) is 0. The molecular weight excluding hydrogens is 363 g/mol. The number of hydrogen-bond acceptors (Lipinski definition) is 5. The highest BCUT2D eigenvalue weighted by molar-refractivity contribution is 6.05. The molecule has 0 unspecified atom stereocenters. The van der Waals surface area contributed by atoms with Crippen molar-refractivity contribution in [2.24, 2.45) is 0 Å². The van der Waals surface area contributed by atoms with Gasteiger partial charge in [0.1, 0.15) is 17.3 Å². The van der Waals surface area contributed by atoms with E-state index in [4.69, 9.17) is 15.4 Å². The van der Waals surface area contributed by atoms with Crippen LogP contribution in [-0.2, 0) is 4.79 Å². The van der Waals surface area contributed by atoms with Crippen molar-refractivity contribution in [1.29, 1.82) is 5.26 Å². The molecule has 0 fully saturated rings. The number of nitrogen functional groups attached to an aromatic ring is 1. The van der Waals surface area contributed by atoms with Crippen LogP contribution >= 0.6 is 0 Å². The quantitative estimate of drug-likeness (QED) is 0.685. The minimum atomic E-state index is -3.38. The molecule has 1 amide bonds. The third-order valence-electron chi connectivity index (χ3n) is 3.75. The number of alkyl halides is 2. The van der Waals surface area contributed by atoms with Crippen molar-refractivity contribution < 1.29 is 22.4 Å². The number of rotatable bonds is 3. The molecule has 136 valence electrons. The molecule has 2 aromatic carbocycles. The minimum Gasteiger partial charge on any atom is -0.454 e. The summed E-state index contributed by atoms with van der Waals surface area (Å²) >= 11 is 0. The Morgan fingerprint density at radius 2 is 1.89 bits per heavy atom. The van der Waals surface area contributed by atoms with E-state index in [1.165, 1.54) is 24.3 Å². The van der Waals surface area contributed by atoms with E-state index in [1.54, 1.807) is 5.32 Å². The number of hydrogen-bond donors (Lipinski definition) is 2. The van der Waals surface area contributed by atoms with Crippen LogP contribution in [0.2, 0.25) is 0 Å². The Kier molecular flexibility index (Phi) is 4.56. The lowest BCUT2D eigenvalue weighted by Crippen LogP contribution is -2.21. The summed E-state index contributed by atoms with van der Waals surface area (Å²) in [5.41, 5.74) is 4.12. The van der Waals surface area contributed by atoms with Crippen LogP contribution in [0.15, 0.2) is 45.6 Å². The van der Waals surface area contributed by atoms with E-state index in [-0.39, 0.29) is 16.7 Å². The number of nitriles is 1. The maximum absolute atomic E-state index is 14.0. The molecule has 1 heterocycles. The van der Waals surface area contributed by atoms with Crippen LogP contribution in [0, 0.1) is 17.1 Å². The molecular formula is C18H10F3N3O3. The van der Waals surface area contributed by atoms with E-state index < -0.39 is 35.0 Å². The van der Waals surface area contributed by atoms with Gasteiger partial charge in [-0.2, -0.15) is 14.0 Å². The zero-order valence-corrected chi connectivity index (χ0v) is 13.4. The van der Waals surface area contributed by atoms with E-state index in [1.807, 2.05) is 6.07 Å². The third kappa shape index (κ3) is 3.32. The van der Waals surface area contributed by atoms with E-state index >= 15 is 0 Å². The zero-order chi connectivity index (χ0) is 19.7. The summed E-state index contributed by atoms with van der Waals surface area (Å²) in [6.07, 6.45) is -3.38. The van der Waals surface area contributed by atoms with Crippen molar-refractivity contribution in [2.75, 3.05) is 11.1 Å². The van der Waals surface area contributed by atoms with Crippen LogP contribution in [0.4, 0.5) is 24.5 Å². The van der Waals surface area contributed by atoms with Crippen LogP contribution < -0.4 is 16.5 Å². The molecule has 0 aliphatic carbocycles. The highest BCUT2D eigenvalue weighted by Crippen LogP contribution is 2.33. The second-order valence-electron chi connectivity index (χ2n) is 5.48. The number of carbonyl (C=O) groups excluding carboxylic acids is 1. The molecule has 0 radical (unpaired) electrons. The minimum absolute atomic E-state index is 0.0237. The van der Waals surface area contributed by atoms with Gasteiger partial charge in [-0.3, -0.25) is 9.59 Å². The van der Waals surface area contributed by atoms with Gasteiger partial charge >= 0.3 is 6.43 Å². The van der Waals surface area contributed by atoms with Crippen molar-refractivity contribution in [2.45, 2.75) is 6.43 Å². The summed E-state index contributed by atoms with van der Waals surface area (Å²) in [4.78, 5) is 23.7. The topological polar surface area (TPSA) is 109 Å². The number of benzene rings is 2. The van der Waals surface area contributed by atoms with Crippen molar-refractivity contribution in [1.82, 2.24) is 0 Å². The monoisotopic (exact) mass is 373 g/mol. The number of nitrogens with two attached hydrogens (primary N) is 1. The average molecular weight is 373 g/mol. The largest absolute Gasteiger partial charge is 0.454 e. The number of fused-ring (bicyclic) bond motifs is 1. The highest BCUT2D eigenvalue weighted by Gasteiger charge is 2.22. The summed E-state index contributed by atoms with van der Waals surface area (Å²) in [6.45, 7) is 0. The average Bonchev–Trinajstić information content (AvgIpc) is 2.65. The predicted molar refractivity (Wildman–Crippen MR) is 91.6 cm³/mol.